The fraction of sp³-hybridized carbons (Fsp3) is 0.444. The van der Waals surface area contributed by atoms with Gasteiger partial charge in [-0.15, -0.1) is 0 Å². The molecule has 1 fully saturated rings. The lowest BCUT2D eigenvalue weighted by molar-refractivity contribution is 0.141. The van der Waals surface area contributed by atoms with Gasteiger partial charge in [-0.1, -0.05) is 50.2 Å². The summed E-state index contributed by atoms with van der Waals surface area (Å²) < 4.78 is 0. The Kier molecular flexibility index (Phi) is 2.18. The molecule has 0 aliphatic heterocycles. The van der Waals surface area contributed by atoms with Crippen LogP contribution in [0.1, 0.15) is 49.7 Å². The number of rotatable bonds is 0. The molecule has 0 saturated heterocycles. The maximum atomic E-state index is 6.33. The largest absolute Gasteiger partial charge is 0.328 e. The Bertz CT molecular complexity index is 605. The third kappa shape index (κ3) is 1.40. The number of nitrogens with two attached hydrogens (primary N) is 1. The minimum absolute atomic E-state index is 0.332. The quantitative estimate of drug-likeness (QED) is 0.747. The molecule has 0 spiro atoms. The third-order valence-corrected chi connectivity index (χ3v) is 5.59. The van der Waals surface area contributed by atoms with Crippen molar-refractivity contribution in [2.75, 3.05) is 0 Å². The zero-order chi connectivity index (χ0) is 13.2. The van der Waals surface area contributed by atoms with Crippen molar-refractivity contribution in [1.29, 1.82) is 0 Å². The topological polar surface area (TPSA) is 26.0 Å². The van der Waals surface area contributed by atoms with Crippen LogP contribution in [-0.2, 0) is 0 Å². The molecule has 2 aromatic rings. The van der Waals surface area contributed by atoms with Crippen LogP contribution in [0, 0.1) is 5.41 Å². The van der Waals surface area contributed by atoms with Crippen LogP contribution in [0.3, 0.4) is 0 Å². The SMILES string of the molecule is CC1(C)C2CC(N)CC1c1cccc3cccc2c13. The van der Waals surface area contributed by atoms with Crippen molar-refractivity contribution in [2.24, 2.45) is 11.1 Å². The first-order chi connectivity index (χ1) is 9.09. The summed E-state index contributed by atoms with van der Waals surface area (Å²) in [7, 11) is 0. The summed E-state index contributed by atoms with van der Waals surface area (Å²) in [4.78, 5) is 0. The van der Waals surface area contributed by atoms with Crippen molar-refractivity contribution in [3.63, 3.8) is 0 Å². The van der Waals surface area contributed by atoms with Crippen molar-refractivity contribution in [1.82, 2.24) is 0 Å². The van der Waals surface area contributed by atoms with Crippen LogP contribution in [0.5, 0.6) is 0 Å². The van der Waals surface area contributed by atoms with Crippen molar-refractivity contribution >= 4 is 10.8 Å². The average Bonchev–Trinajstić information content (AvgIpc) is 2.38. The van der Waals surface area contributed by atoms with Crippen molar-refractivity contribution in [2.45, 2.75) is 44.6 Å². The molecule has 0 amide bonds. The second-order valence-electron chi connectivity index (χ2n) is 6.95. The van der Waals surface area contributed by atoms with E-state index in [0.29, 0.717) is 23.3 Å². The molecule has 2 unspecified atom stereocenters. The van der Waals surface area contributed by atoms with Crippen molar-refractivity contribution in [3.05, 3.63) is 47.5 Å². The summed E-state index contributed by atoms with van der Waals surface area (Å²) in [6.07, 6.45) is 2.27. The highest BCUT2D eigenvalue weighted by Crippen LogP contribution is 2.59. The number of hydrogen-bond donors (Lipinski definition) is 1. The molecule has 1 heteroatoms. The highest BCUT2D eigenvalue weighted by molar-refractivity contribution is 5.91. The average molecular weight is 251 g/mol. The third-order valence-electron chi connectivity index (χ3n) is 5.59. The van der Waals surface area contributed by atoms with Crippen LogP contribution >= 0.6 is 0 Å². The van der Waals surface area contributed by atoms with Gasteiger partial charge in [-0.25, -0.2) is 0 Å². The molecule has 2 bridgehead atoms. The summed E-state index contributed by atoms with van der Waals surface area (Å²) in [5.74, 6) is 1.22. The normalized spacial score (nSPS) is 31.4. The monoisotopic (exact) mass is 251 g/mol. The van der Waals surface area contributed by atoms with E-state index in [0.717, 1.165) is 12.8 Å². The minimum Gasteiger partial charge on any atom is -0.328 e. The molecular weight excluding hydrogens is 230 g/mol. The molecule has 4 rings (SSSR count). The molecular formula is C18H21N. The first kappa shape index (κ1) is 11.5. The smallest absolute Gasteiger partial charge is 0.00508 e. The lowest BCUT2D eigenvalue weighted by Crippen LogP contribution is -2.44. The summed E-state index contributed by atoms with van der Waals surface area (Å²) >= 11 is 0. The molecule has 2 N–H and O–H groups in total. The number of fused-ring (bicyclic) bond motifs is 4. The lowest BCUT2D eigenvalue weighted by Gasteiger charge is -2.51. The zero-order valence-corrected chi connectivity index (χ0v) is 11.7. The van der Waals surface area contributed by atoms with Crippen LogP contribution in [0.4, 0.5) is 0 Å². The Hall–Kier alpha value is -1.34. The second-order valence-corrected chi connectivity index (χ2v) is 6.95. The summed E-state index contributed by atoms with van der Waals surface area (Å²) in [5, 5.41) is 2.92. The van der Waals surface area contributed by atoms with E-state index in [4.69, 9.17) is 5.73 Å². The van der Waals surface area contributed by atoms with Crippen LogP contribution in [0.15, 0.2) is 36.4 Å². The van der Waals surface area contributed by atoms with Gasteiger partial charge in [0.2, 0.25) is 0 Å². The van der Waals surface area contributed by atoms with E-state index in [9.17, 15) is 0 Å². The van der Waals surface area contributed by atoms with Crippen LogP contribution < -0.4 is 5.73 Å². The second kappa shape index (κ2) is 3.61. The van der Waals surface area contributed by atoms with Gasteiger partial charge in [-0.3, -0.25) is 0 Å². The van der Waals surface area contributed by atoms with Gasteiger partial charge in [-0.05, 0) is 52.0 Å². The van der Waals surface area contributed by atoms with Gasteiger partial charge in [0.25, 0.3) is 0 Å². The molecule has 0 radical (unpaired) electrons. The lowest BCUT2D eigenvalue weighted by atomic mass is 9.53. The van der Waals surface area contributed by atoms with E-state index in [1.807, 2.05) is 0 Å². The standard InChI is InChI=1S/C18H21N/c1-18(2)15-9-12(19)10-16(18)14-8-4-6-11-5-3-7-13(15)17(11)14/h3-8,12,15-16H,9-10,19H2,1-2H3. The van der Waals surface area contributed by atoms with Gasteiger partial charge in [0.1, 0.15) is 0 Å². The van der Waals surface area contributed by atoms with E-state index in [1.54, 1.807) is 0 Å². The van der Waals surface area contributed by atoms with Gasteiger partial charge < -0.3 is 5.73 Å². The van der Waals surface area contributed by atoms with Gasteiger partial charge in [-0.2, -0.15) is 0 Å². The van der Waals surface area contributed by atoms with Gasteiger partial charge in [0, 0.05) is 6.04 Å². The predicted octanol–water partition coefficient (Wildman–Crippen LogP) is 4.17. The highest BCUT2D eigenvalue weighted by Gasteiger charge is 2.48. The van der Waals surface area contributed by atoms with Crippen LogP contribution in [-0.4, -0.2) is 6.04 Å². The molecule has 2 aromatic carbocycles. The molecule has 0 aromatic heterocycles. The Morgan fingerprint density at radius 2 is 1.47 bits per heavy atom. The van der Waals surface area contributed by atoms with Crippen molar-refractivity contribution < 1.29 is 0 Å². The Labute approximate surface area is 114 Å². The predicted molar refractivity (Wildman–Crippen MR) is 80.4 cm³/mol. The van der Waals surface area contributed by atoms with Crippen LogP contribution in [0.2, 0.25) is 0 Å². The first-order valence-corrected chi connectivity index (χ1v) is 7.36. The van der Waals surface area contributed by atoms with E-state index in [-0.39, 0.29) is 0 Å². The van der Waals surface area contributed by atoms with E-state index in [2.05, 4.69) is 50.2 Å². The fourth-order valence-electron chi connectivity index (χ4n) is 4.59. The fourth-order valence-corrected chi connectivity index (χ4v) is 4.59. The highest BCUT2D eigenvalue weighted by atomic mass is 14.7. The number of benzene rings is 2. The van der Waals surface area contributed by atoms with E-state index >= 15 is 0 Å². The molecule has 2 atom stereocenters. The van der Waals surface area contributed by atoms with E-state index in [1.165, 1.54) is 21.9 Å². The molecule has 1 nitrogen and oxygen atoms in total. The molecule has 2 aliphatic rings. The molecule has 0 heterocycles. The maximum Gasteiger partial charge on any atom is 0.00508 e. The van der Waals surface area contributed by atoms with Crippen molar-refractivity contribution in [3.8, 4) is 0 Å². The van der Waals surface area contributed by atoms with Crippen LogP contribution in [0.25, 0.3) is 10.8 Å². The van der Waals surface area contributed by atoms with E-state index < -0.39 is 0 Å². The molecule has 19 heavy (non-hydrogen) atoms. The van der Waals surface area contributed by atoms with Gasteiger partial charge in [0.15, 0.2) is 0 Å². The van der Waals surface area contributed by atoms with Gasteiger partial charge >= 0.3 is 0 Å². The Balaban J connectivity index is 2.10. The summed E-state index contributed by atoms with van der Waals surface area (Å²) in [5.41, 5.74) is 9.73. The molecule has 2 aliphatic carbocycles. The maximum absolute atomic E-state index is 6.33. The Morgan fingerprint density at radius 1 is 0.947 bits per heavy atom. The number of hydrogen-bond acceptors (Lipinski definition) is 1. The minimum atomic E-state index is 0.332. The summed E-state index contributed by atoms with van der Waals surface area (Å²) in [6, 6.07) is 13.9. The van der Waals surface area contributed by atoms with Gasteiger partial charge in [0.05, 0.1) is 0 Å². The molecule has 1 saturated carbocycles. The first-order valence-electron chi connectivity index (χ1n) is 7.36. The molecule has 98 valence electrons. The Morgan fingerprint density at radius 3 is 2.00 bits per heavy atom. The zero-order valence-electron chi connectivity index (χ0n) is 11.7. The summed E-state index contributed by atoms with van der Waals surface area (Å²) in [6.45, 7) is 4.87.